The lowest BCUT2D eigenvalue weighted by molar-refractivity contribution is 0.468. The van der Waals surface area contributed by atoms with Crippen LogP contribution in [0.15, 0.2) is 11.0 Å². The number of hydrogen-bond acceptors (Lipinski definition) is 2. The molecule has 0 spiro atoms. The van der Waals surface area contributed by atoms with Crippen molar-refractivity contribution in [1.82, 2.24) is 0 Å². The van der Waals surface area contributed by atoms with Crippen LogP contribution in [0.25, 0.3) is 0 Å². The summed E-state index contributed by atoms with van der Waals surface area (Å²) in [5, 5.41) is 0. The van der Waals surface area contributed by atoms with E-state index in [1.54, 1.807) is 0 Å². The van der Waals surface area contributed by atoms with Crippen molar-refractivity contribution in [1.29, 1.82) is 0 Å². The Morgan fingerprint density at radius 3 is 1.19 bits per heavy atom. The Morgan fingerprint density at radius 2 is 0.962 bits per heavy atom. The highest BCUT2D eigenvalue weighted by molar-refractivity contribution is 8.13. The monoisotopic (exact) mass is 400 g/mol. The maximum atomic E-state index is 12.6. The molecule has 1 aromatic carbocycles. The van der Waals surface area contributed by atoms with Crippen LogP contribution in [0.2, 0.25) is 0 Å². The van der Waals surface area contributed by atoms with Gasteiger partial charge in [-0.3, -0.25) is 0 Å². The van der Waals surface area contributed by atoms with E-state index in [0.29, 0.717) is 0 Å². The van der Waals surface area contributed by atoms with E-state index >= 15 is 0 Å². The van der Waals surface area contributed by atoms with Gasteiger partial charge in [-0.1, -0.05) is 83.1 Å². The van der Waals surface area contributed by atoms with Crippen molar-refractivity contribution in [2.24, 2.45) is 0 Å². The lowest BCUT2D eigenvalue weighted by atomic mass is 9.64. The van der Waals surface area contributed by atoms with Crippen LogP contribution in [-0.2, 0) is 30.7 Å². The molecule has 0 aromatic heterocycles. The van der Waals surface area contributed by atoms with Crippen LogP contribution >= 0.6 is 10.7 Å². The number of rotatable bonds is 1. The summed E-state index contributed by atoms with van der Waals surface area (Å²) in [4.78, 5) is 0.259. The normalized spacial score (nSPS) is 14.7. The van der Waals surface area contributed by atoms with Crippen molar-refractivity contribution in [2.45, 2.75) is 110 Å². The van der Waals surface area contributed by atoms with Gasteiger partial charge in [0.1, 0.15) is 0 Å². The molecule has 1 rings (SSSR count). The smallest absolute Gasteiger partial charge is 0.207 e. The molecule has 0 amide bonds. The molecule has 150 valence electrons. The lowest BCUT2D eigenvalue weighted by Gasteiger charge is -2.41. The Bertz CT molecular complexity index is 791. The number of halogens is 1. The van der Waals surface area contributed by atoms with Crippen molar-refractivity contribution in [3.8, 4) is 0 Å². The zero-order valence-electron chi connectivity index (χ0n) is 18.7. The maximum Gasteiger partial charge on any atom is 0.261 e. The van der Waals surface area contributed by atoms with Crippen LogP contribution in [0.1, 0.15) is 105 Å². The second-order valence-electron chi connectivity index (χ2n) is 11.5. The predicted molar refractivity (Wildman–Crippen MR) is 114 cm³/mol. The van der Waals surface area contributed by atoms with Gasteiger partial charge in [-0.05, 0) is 50.0 Å². The molecule has 0 bridgehead atoms. The molecule has 26 heavy (non-hydrogen) atoms. The fraction of sp³-hybridized carbons (Fsp3) is 0.727. The first kappa shape index (κ1) is 23.5. The number of hydrogen-bond donors (Lipinski definition) is 0. The predicted octanol–water partition coefficient (Wildman–Crippen LogP) is 6.80. The molecule has 0 fully saturated rings. The summed E-state index contributed by atoms with van der Waals surface area (Å²) in [5.74, 6) is 0. The molecule has 1 aromatic rings. The highest BCUT2D eigenvalue weighted by Crippen LogP contribution is 2.48. The van der Waals surface area contributed by atoms with Crippen LogP contribution in [0, 0.1) is 0 Å². The average molecular weight is 401 g/mol. The van der Waals surface area contributed by atoms with Gasteiger partial charge in [-0.15, -0.1) is 0 Å². The lowest BCUT2D eigenvalue weighted by Crippen LogP contribution is -2.33. The van der Waals surface area contributed by atoms with Gasteiger partial charge in [0.05, 0.1) is 4.90 Å². The summed E-state index contributed by atoms with van der Waals surface area (Å²) in [6.07, 6.45) is 0. The second kappa shape index (κ2) is 6.51. The van der Waals surface area contributed by atoms with E-state index < -0.39 is 9.05 Å². The van der Waals surface area contributed by atoms with E-state index in [-0.39, 0.29) is 26.6 Å². The largest absolute Gasteiger partial charge is 0.261 e. The van der Waals surface area contributed by atoms with Gasteiger partial charge >= 0.3 is 0 Å². The Hall–Kier alpha value is -0.540. The van der Waals surface area contributed by atoms with E-state index in [9.17, 15) is 8.42 Å². The first-order valence-corrected chi connectivity index (χ1v) is 11.6. The molecule has 0 aliphatic heterocycles. The average Bonchev–Trinajstić information content (AvgIpc) is 2.30. The van der Waals surface area contributed by atoms with E-state index in [1.807, 2.05) is 6.07 Å². The van der Waals surface area contributed by atoms with Crippen molar-refractivity contribution in [3.05, 3.63) is 28.3 Å². The fourth-order valence-corrected chi connectivity index (χ4v) is 4.99. The molecule has 4 heteroatoms. The van der Waals surface area contributed by atoms with Gasteiger partial charge in [-0.2, -0.15) is 0 Å². The molecule has 0 N–H and O–H groups in total. The molecule has 0 saturated carbocycles. The zero-order chi connectivity index (χ0) is 21.1. The minimum atomic E-state index is -3.87. The third-order valence-electron chi connectivity index (χ3n) is 4.61. The van der Waals surface area contributed by atoms with Gasteiger partial charge < -0.3 is 0 Å². The molecule has 0 unspecified atom stereocenters. The van der Waals surface area contributed by atoms with Crippen molar-refractivity contribution >= 4 is 19.7 Å². The molecule has 0 heterocycles. The van der Waals surface area contributed by atoms with Crippen LogP contribution in [0.4, 0.5) is 0 Å². The molecule has 2 nitrogen and oxygen atoms in total. The van der Waals surface area contributed by atoms with Crippen LogP contribution in [-0.4, -0.2) is 8.42 Å². The first-order chi connectivity index (χ1) is 11.1. The highest BCUT2D eigenvalue weighted by atomic mass is 35.7. The van der Waals surface area contributed by atoms with Gasteiger partial charge in [0.25, 0.3) is 9.05 Å². The standard InChI is InChI=1S/C22H37ClO2S/c1-19(2,3)14-13-15(26(23,24)25)17(21(7,8)9)18(22(10,11)12)16(14)20(4,5)6/h13H,1-12H3. The molecule has 0 saturated heterocycles. The minimum Gasteiger partial charge on any atom is -0.207 e. The zero-order valence-corrected chi connectivity index (χ0v) is 20.3. The molecular weight excluding hydrogens is 364 g/mol. The van der Waals surface area contributed by atoms with Crippen molar-refractivity contribution in [2.75, 3.05) is 0 Å². The topological polar surface area (TPSA) is 34.1 Å². The van der Waals surface area contributed by atoms with Gasteiger partial charge in [0, 0.05) is 10.7 Å². The Balaban J connectivity index is 4.49. The minimum absolute atomic E-state index is 0.125. The number of benzene rings is 1. The summed E-state index contributed by atoms with van der Waals surface area (Å²) in [6.45, 7) is 25.7. The van der Waals surface area contributed by atoms with Crippen LogP contribution < -0.4 is 0 Å². The summed E-state index contributed by atoms with van der Waals surface area (Å²) in [6, 6.07) is 1.83. The summed E-state index contributed by atoms with van der Waals surface area (Å²) < 4.78 is 25.2. The SMILES string of the molecule is CC(C)(C)c1cc(S(=O)(=O)Cl)c(C(C)(C)C)c(C(C)(C)C)c1C(C)(C)C. The van der Waals surface area contributed by atoms with Crippen LogP contribution in [0.3, 0.4) is 0 Å². The Kier molecular flexibility index (Phi) is 5.89. The fourth-order valence-electron chi connectivity index (χ4n) is 3.72. The summed E-state index contributed by atoms with van der Waals surface area (Å²) >= 11 is 0. The Morgan fingerprint density at radius 1 is 0.615 bits per heavy atom. The third-order valence-corrected chi connectivity index (χ3v) is 5.96. The summed E-state index contributed by atoms with van der Waals surface area (Å²) in [7, 11) is 2.08. The van der Waals surface area contributed by atoms with Crippen molar-refractivity contribution < 1.29 is 8.42 Å². The maximum absolute atomic E-state index is 12.6. The highest BCUT2D eigenvalue weighted by Gasteiger charge is 2.39. The molecule has 0 atom stereocenters. The van der Waals surface area contributed by atoms with Gasteiger partial charge in [-0.25, -0.2) is 8.42 Å². The molecular formula is C22H37ClO2S. The first-order valence-electron chi connectivity index (χ1n) is 9.27. The van der Waals surface area contributed by atoms with Gasteiger partial charge in [0.15, 0.2) is 0 Å². The van der Waals surface area contributed by atoms with Crippen LogP contribution in [0.5, 0.6) is 0 Å². The Labute approximate surface area is 166 Å². The van der Waals surface area contributed by atoms with E-state index in [0.717, 1.165) is 16.7 Å². The molecule has 0 aliphatic carbocycles. The van der Waals surface area contributed by atoms with E-state index in [1.165, 1.54) is 5.56 Å². The summed E-state index contributed by atoms with van der Waals surface area (Å²) in [5.41, 5.74) is 3.37. The van der Waals surface area contributed by atoms with Gasteiger partial charge in [0.2, 0.25) is 0 Å². The second-order valence-corrected chi connectivity index (χ2v) is 14.0. The van der Waals surface area contributed by atoms with E-state index in [4.69, 9.17) is 10.7 Å². The van der Waals surface area contributed by atoms with Crippen molar-refractivity contribution in [3.63, 3.8) is 0 Å². The quantitative estimate of drug-likeness (QED) is 0.485. The molecule has 0 aliphatic rings. The molecule has 0 radical (unpaired) electrons. The third kappa shape index (κ3) is 4.84. The van der Waals surface area contributed by atoms with E-state index in [2.05, 4.69) is 83.1 Å².